The van der Waals surface area contributed by atoms with Gasteiger partial charge in [-0.3, -0.25) is 4.79 Å². The lowest BCUT2D eigenvalue weighted by Crippen LogP contribution is -2.11. The van der Waals surface area contributed by atoms with Gasteiger partial charge in [0, 0.05) is 6.07 Å². The maximum Gasteiger partial charge on any atom is 0.259 e. The lowest BCUT2D eigenvalue weighted by molar-refractivity contribution is 0.387. The Balaban J connectivity index is 2.30. The van der Waals surface area contributed by atoms with Gasteiger partial charge in [0.05, 0.1) is 28.6 Å². The molecule has 23 heavy (non-hydrogen) atoms. The fourth-order valence-electron chi connectivity index (χ4n) is 2.16. The monoisotopic (exact) mass is 340 g/mol. The number of nitrogens with zero attached hydrogens (tertiary/aromatic N) is 1. The van der Waals surface area contributed by atoms with Crippen molar-refractivity contribution in [3.8, 4) is 17.1 Å². The van der Waals surface area contributed by atoms with Crippen molar-refractivity contribution in [3.05, 3.63) is 57.1 Å². The third-order valence-electron chi connectivity index (χ3n) is 3.26. The molecule has 0 saturated carbocycles. The molecular weight excluding hydrogens is 333 g/mol. The van der Waals surface area contributed by atoms with Crippen LogP contribution in [0.1, 0.15) is 0 Å². The molecule has 0 spiro atoms. The van der Waals surface area contributed by atoms with Crippen LogP contribution in [0, 0.1) is 17.5 Å². The van der Waals surface area contributed by atoms with E-state index in [1.165, 1.54) is 19.2 Å². The smallest absolute Gasteiger partial charge is 0.259 e. The summed E-state index contributed by atoms with van der Waals surface area (Å²) in [4.78, 5) is 18.3. The summed E-state index contributed by atoms with van der Waals surface area (Å²) in [5.74, 6) is -3.52. The molecule has 1 aromatic heterocycles. The van der Waals surface area contributed by atoms with Gasteiger partial charge >= 0.3 is 0 Å². The SMILES string of the molecule is COc1c(Cl)ccc(-c2nc3cc(F)c(F)cc3c(=O)[nH]2)c1F. The summed E-state index contributed by atoms with van der Waals surface area (Å²) >= 11 is 5.81. The first-order valence-corrected chi connectivity index (χ1v) is 6.71. The van der Waals surface area contributed by atoms with E-state index in [9.17, 15) is 18.0 Å². The van der Waals surface area contributed by atoms with E-state index in [4.69, 9.17) is 16.3 Å². The van der Waals surface area contributed by atoms with Crippen LogP contribution >= 0.6 is 11.6 Å². The Labute approximate surface area is 132 Å². The number of aromatic nitrogens is 2. The van der Waals surface area contributed by atoms with Crippen molar-refractivity contribution in [1.82, 2.24) is 9.97 Å². The van der Waals surface area contributed by atoms with Crippen LogP contribution in [0.4, 0.5) is 13.2 Å². The Morgan fingerprint density at radius 2 is 1.87 bits per heavy atom. The maximum atomic E-state index is 14.4. The van der Waals surface area contributed by atoms with Gasteiger partial charge in [-0.15, -0.1) is 0 Å². The first-order valence-electron chi connectivity index (χ1n) is 6.34. The molecule has 0 atom stereocenters. The van der Waals surface area contributed by atoms with Gasteiger partial charge < -0.3 is 9.72 Å². The van der Waals surface area contributed by atoms with Crippen LogP contribution in [0.25, 0.3) is 22.3 Å². The summed E-state index contributed by atoms with van der Waals surface area (Å²) in [5, 5.41) is -0.0982. The van der Waals surface area contributed by atoms with Crippen molar-refractivity contribution < 1.29 is 17.9 Å². The number of nitrogens with one attached hydrogen (secondary N) is 1. The largest absolute Gasteiger partial charge is 0.492 e. The van der Waals surface area contributed by atoms with E-state index in [1.807, 2.05) is 0 Å². The molecule has 1 heterocycles. The molecular formula is C15H8ClF3N2O2. The minimum atomic E-state index is -1.17. The highest BCUT2D eigenvalue weighted by Gasteiger charge is 2.17. The highest BCUT2D eigenvalue weighted by atomic mass is 35.5. The summed E-state index contributed by atoms with van der Waals surface area (Å²) in [6, 6.07) is 4.17. The van der Waals surface area contributed by atoms with Gasteiger partial charge in [0.2, 0.25) is 0 Å². The third-order valence-corrected chi connectivity index (χ3v) is 3.55. The van der Waals surface area contributed by atoms with E-state index >= 15 is 0 Å². The minimum Gasteiger partial charge on any atom is -0.492 e. The second-order valence-electron chi connectivity index (χ2n) is 4.64. The molecule has 118 valence electrons. The number of hydrogen-bond donors (Lipinski definition) is 1. The Kier molecular flexibility index (Phi) is 3.73. The van der Waals surface area contributed by atoms with E-state index in [0.29, 0.717) is 0 Å². The van der Waals surface area contributed by atoms with Gasteiger partial charge in [-0.25, -0.2) is 18.2 Å². The Hall–Kier alpha value is -2.54. The molecule has 0 bridgehead atoms. The molecule has 0 saturated heterocycles. The van der Waals surface area contributed by atoms with Crippen LogP contribution in [0.2, 0.25) is 5.02 Å². The summed E-state index contributed by atoms with van der Waals surface area (Å²) in [7, 11) is 1.24. The van der Waals surface area contributed by atoms with Crippen LogP contribution < -0.4 is 10.3 Å². The number of fused-ring (bicyclic) bond motifs is 1. The summed E-state index contributed by atoms with van der Waals surface area (Å²) in [5.41, 5.74) is -0.914. The van der Waals surface area contributed by atoms with Gasteiger partial charge in [0.25, 0.3) is 5.56 Å². The summed E-state index contributed by atoms with van der Waals surface area (Å²) < 4.78 is 45.8. The Morgan fingerprint density at radius 1 is 1.17 bits per heavy atom. The quantitative estimate of drug-likeness (QED) is 0.774. The topological polar surface area (TPSA) is 55.0 Å². The standard InChI is InChI=1S/C15H8ClF3N2O2/c1-23-13-8(16)3-2-6(12(13)19)14-20-11-5-10(18)9(17)4-7(11)15(22)21-14/h2-5H,1H3,(H,20,21,22). The average Bonchev–Trinajstić information content (AvgIpc) is 2.50. The molecule has 3 rings (SSSR count). The van der Waals surface area contributed by atoms with Crippen molar-refractivity contribution in [2.75, 3.05) is 7.11 Å². The third kappa shape index (κ3) is 2.53. The molecule has 0 radical (unpaired) electrons. The molecule has 0 unspecified atom stereocenters. The molecule has 3 aromatic rings. The number of rotatable bonds is 2. The molecule has 4 nitrogen and oxygen atoms in total. The van der Waals surface area contributed by atoms with Crippen molar-refractivity contribution in [2.45, 2.75) is 0 Å². The number of methoxy groups -OCH3 is 1. The number of hydrogen-bond acceptors (Lipinski definition) is 3. The van der Waals surface area contributed by atoms with E-state index in [2.05, 4.69) is 9.97 Å². The fraction of sp³-hybridized carbons (Fsp3) is 0.0667. The van der Waals surface area contributed by atoms with E-state index in [0.717, 1.165) is 12.1 Å². The molecule has 1 N–H and O–H groups in total. The predicted octanol–water partition coefficient (Wildman–Crippen LogP) is 3.67. The van der Waals surface area contributed by atoms with Gasteiger partial charge in [0.15, 0.2) is 23.2 Å². The Morgan fingerprint density at radius 3 is 2.57 bits per heavy atom. The second kappa shape index (κ2) is 5.58. The fourth-order valence-corrected chi connectivity index (χ4v) is 2.39. The van der Waals surface area contributed by atoms with Gasteiger partial charge in [0.1, 0.15) is 5.82 Å². The van der Waals surface area contributed by atoms with Crippen LogP contribution in [0.15, 0.2) is 29.1 Å². The first-order chi connectivity index (χ1) is 10.9. The van der Waals surface area contributed by atoms with Crippen molar-refractivity contribution in [1.29, 1.82) is 0 Å². The van der Waals surface area contributed by atoms with Crippen molar-refractivity contribution in [2.24, 2.45) is 0 Å². The molecule has 2 aromatic carbocycles. The first kappa shape index (κ1) is 15.4. The lowest BCUT2D eigenvalue weighted by Gasteiger charge is -2.09. The van der Waals surface area contributed by atoms with E-state index in [-0.39, 0.29) is 33.1 Å². The number of halogens is 4. The predicted molar refractivity (Wildman–Crippen MR) is 79.2 cm³/mol. The average molecular weight is 341 g/mol. The van der Waals surface area contributed by atoms with E-state index in [1.54, 1.807) is 0 Å². The number of ether oxygens (including phenoxy) is 1. The zero-order valence-corrected chi connectivity index (χ0v) is 12.3. The van der Waals surface area contributed by atoms with Crippen molar-refractivity contribution >= 4 is 22.5 Å². The zero-order valence-electron chi connectivity index (χ0n) is 11.6. The van der Waals surface area contributed by atoms with Crippen LogP contribution in [0.3, 0.4) is 0 Å². The highest BCUT2D eigenvalue weighted by molar-refractivity contribution is 6.32. The number of aromatic amines is 1. The minimum absolute atomic E-state index is 0.0463. The second-order valence-corrected chi connectivity index (χ2v) is 5.05. The molecule has 0 amide bonds. The molecule has 0 aliphatic carbocycles. The molecule has 8 heteroatoms. The normalized spacial score (nSPS) is 11.0. The summed E-state index contributed by atoms with van der Waals surface area (Å²) in [6.45, 7) is 0. The highest BCUT2D eigenvalue weighted by Crippen LogP contribution is 2.33. The zero-order chi connectivity index (χ0) is 16.7. The van der Waals surface area contributed by atoms with Crippen LogP contribution in [-0.4, -0.2) is 17.1 Å². The molecule has 0 fully saturated rings. The lowest BCUT2D eigenvalue weighted by atomic mass is 10.1. The van der Waals surface area contributed by atoms with Gasteiger partial charge in [-0.2, -0.15) is 0 Å². The summed E-state index contributed by atoms with van der Waals surface area (Å²) in [6.07, 6.45) is 0. The maximum absolute atomic E-state index is 14.4. The Bertz CT molecular complexity index is 989. The van der Waals surface area contributed by atoms with Crippen LogP contribution in [0.5, 0.6) is 5.75 Å². The van der Waals surface area contributed by atoms with E-state index < -0.39 is 23.0 Å². The number of benzene rings is 2. The number of H-pyrrole nitrogens is 1. The van der Waals surface area contributed by atoms with Crippen molar-refractivity contribution in [3.63, 3.8) is 0 Å². The molecule has 0 aliphatic heterocycles. The van der Waals surface area contributed by atoms with Gasteiger partial charge in [-0.1, -0.05) is 11.6 Å². The van der Waals surface area contributed by atoms with Crippen LogP contribution in [-0.2, 0) is 0 Å². The van der Waals surface area contributed by atoms with Gasteiger partial charge in [-0.05, 0) is 18.2 Å². The molecule has 0 aliphatic rings.